The van der Waals surface area contributed by atoms with Crippen LogP contribution in [-0.4, -0.2) is 23.0 Å². The van der Waals surface area contributed by atoms with Crippen molar-refractivity contribution in [2.24, 2.45) is 5.41 Å². The SMILES string of the molecule is CCCNC1(c2nc(CC)c(C)s2)CSCCC1(C)C. The van der Waals surface area contributed by atoms with Gasteiger partial charge in [0.05, 0.1) is 11.2 Å². The van der Waals surface area contributed by atoms with E-state index in [0.29, 0.717) is 0 Å². The van der Waals surface area contributed by atoms with Crippen molar-refractivity contribution in [3.05, 3.63) is 15.6 Å². The Kier molecular flexibility index (Phi) is 5.19. The first-order valence-electron chi connectivity index (χ1n) is 7.76. The molecule has 1 aromatic heterocycles. The molecule has 1 fully saturated rings. The van der Waals surface area contributed by atoms with Crippen LogP contribution in [0.4, 0.5) is 0 Å². The van der Waals surface area contributed by atoms with Crippen LogP contribution in [0.2, 0.25) is 0 Å². The third kappa shape index (κ3) is 2.79. The van der Waals surface area contributed by atoms with E-state index in [0.717, 1.165) is 18.7 Å². The number of rotatable bonds is 5. The van der Waals surface area contributed by atoms with Gasteiger partial charge in [-0.05, 0) is 43.9 Å². The quantitative estimate of drug-likeness (QED) is 0.874. The van der Waals surface area contributed by atoms with Crippen LogP contribution in [0.5, 0.6) is 0 Å². The zero-order chi connectivity index (χ0) is 14.8. The zero-order valence-corrected chi connectivity index (χ0v) is 15.1. The van der Waals surface area contributed by atoms with E-state index in [2.05, 4.69) is 51.7 Å². The molecule has 2 heterocycles. The third-order valence-corrected chi connectivity index (χ3v) is 6.92. The van der Waals surface area contributed by atoms with E-state index in [1.807, 2.05) is 11.3 Å². The van der Waals surface area contributed by atoms with E-state index >= 15 is 0 Å². The van der Waals surface area contributed by atoms with E-state index in [1.54, 1.807) is 0 Å². The Morgan fingerprint density at radius 2 is 2.05 bits per heavy atom. The molecule has 20 heavy (non-hydrogen) atoms. The van der Waals surface area contributed by atoms with Crippen LogP contribution in [0.25, 0.3) is 0 Å². The number of hydrogen-bond donors (Lipinski definition) is 1. The molecule has 114 valence electrons. The van der Waals surface area contributed by atoms with Gasteiger partial charge in [-0.3, -0.25) is 0 Å². The summed E-state index contributed by atoms with van der Waals surface area (Å²) in [5.41, 5.74) is 1.60. The minimum atomic E-state index is 0.0504. The minimum Gasteiger partial charge on any atom is -0.304 e. The van der Waals surface area contributed by atoms with Crippen LogP contribution in [0.1, 0.15) is 56.1 Å². The Morgan fingerprint density at radius 1 is 1.30 bits per heavy atom. The van der Waals surface area contributed by atoms with Gasteiger partial charge in [0.25, 0.3) is 0 Å². The van der Waals surface area contributed by atoms with Crippen molar-refractivity contribution >= 4 is 23.1 Å². The molecule has 4 heteroatoms. The fraction of sp³-hybridized carbons (Fsp3) is 0.812. The molecule has 1 atom stereocenters. The summed E-state index contributed by atoms with van der Waals surface area (Å²) in [6.07, 6.45) is 3.47. The largest absolute Gasteiger partial charge is 0.304 e. The first-order chi connectivity index (χ1) is 9.47. The maximum absolute atomic E-state index is 5.02. The smallest absolute Gasteiger partial charge is 0.115 e. The monoisotopic (exact) mass is 312 g/mol. The average Bonchev–Trinajstić information content (AvgIpc) is 2.79. The van der Waals surface area contributed by atoms with Crippen LogP contribution < -0.4 is 5.32 Å². The van der Waals surface area contributed by atoms with E-state index in [-0.39, 0.29) is 11.0 Å². The predicted octanol–water partition coefficient (Wildman–Crippen LogP) is 4.37. The maximum atomic E-state index is 5.02. The van der Waals surface area contributed by atoms with Gasteiger partial charge in [0.2, 0.25) is 0 Å². The molecule has 0 saturated carbocycles. The molecule has 0 radical (unpaired) electrons. The van der Waals surface area contributed by atoms with Gasteiger partial charge in [-0.1, -0.05) is 27.7 Å². The zero-order valence-electron chi connectivity index (χ0n) is 13.5. The lowest BCUT2D eigenvalue weighted by molar-refractivity contribution is 0.129. The Balaban J connectivity index is 2.44. The first kappa shape index (κ1) is 16.3. The highest BCUT2D eigenvalue weighted by Gasteiger charge is 2.50. The highest BCUT2D eigenvalue weighted by molar-refractivity contribution is 7.99. The second kappa shape index (κ2) is 6.37. The molecule has 0 bridgehead atoms. The van der Waals surface area contributed by atoms with Gasteiger partial charge in [-0.2, -0.15) is 11.8 Å². The van der Waals surface area contributed by atoms with Gasteiger partial charge < -0.3 is 5.32 Å². The Morgan fingerprint density at radius 3 is 2.60 bits per heavy atom. The second-order valence-corrected chi connectivity index (χ2v) is 8.70. The van der Waals surface area contributed by atoms with Gasteiger partial charge in [0.15, 0.2) is 0 Å². The van der Waals surface area contributed by atoms with Crippen molar-refractivity contribution in [1.29, 1.82) is 0 Å². The second-order valence-electron chi connectivity index (χ2n) is 6.39. The molecule has 1 aliphatic heterocycles. The standard InChI is InChI=1S/C16H28N2S2/c1-6-9-17-16(11-19-10-8-15(16,4)5)14-18-13(7-2)12(3)20-14/h17H,6-11H2,1-5H3. The summed E-state index contributed by atoms with van der Waals surface area (Å²) in [4.78, 5) is 6.41. The highest BCUT2D eigenvalue weighted by Crippen LogP contribution is 2.49. The van der Waals surface area contributed by atoms with Gasteiger partial charge >= 0.3 is 0 Å². The van der Waals surface area contributed by atoms with Crippen molar-refractivity contribution in [3.63, 3.8) is 0 Å². The molecular formula is C16H28N2S2. The summed E-state index contributed by atoms with van der Waals surface area (Å²) in [6.45, 7) is 12.6. The fourth-order valence-electron chi connectivity index (χ4n) is 2.96. The summed E-state index contributed by atoms with van der Waals surface area (Å²) < 4.78 is 0. The van der Waals surface area contributed by atoms with Crippen LogP contribution in [-0.2, 0) is 12.0 Å². The number of thiazole rings is 1. The minimum absolute atomic E-state index is 0.0504. The Hall–Kier alpha value is -0.0600. The molecule has 1 aliphatic rings. The van der Waals surface area contributed by atoms with E-state index in [9.17, 15) is 0 Å². The lowest BCUT2D eigenvalue weighted by Gasteiger charge is -2.49. The lowest BCUT2D eigenvalue weighted by atomic mass is 9.71. The highest BCUT2D eigenvalue weighted by atomic mass is 32.2. The molecule has 0 spiro atoms. The molecule has 0 amide bonds. The van der Waals surface area contributed by atoms with Crippen molar-refractivity contribution in [2.75, 3.05) is 18.1 Å². The van der Waals surface area contributed by atoms with Crippen LogP contribution in [0.15, 0.2) is 0 Å². The molecule has 1 saturated heterocycles. The van der Waals surface area contributed by atoms with E-state index in [4.69, 9.17) is 4.98 Å². The van der Waals surface area contributed by atoms with Crippen molar-refractivity contribution in [2.45, 2.75) is 59.4 Å². The number of nitrogens with one attached hydrogen (secondary N) is 1. The average molecular weight is 313 g/mol. The van der Waals surface area contributed by atoms with Crippen LogP contribution in [0.3, 0.4) is 0 Å². The normalized spacial score (nSPS) is 25.9. The predicted molar refractivity (Wildman–Crippen MR) is 91.9 cm³/mol. The topological polar surface area (TPSA) is 24.9 Å². The molecule has 1 aromatic rings. The molecule has 1 N–H and O–H groups in total. The van der Waals surface area contributed by atoms with Crippen molar-refractivity contribution in [1.82, 2.24) is 10.3 Å². The van der Waals surface area contributed by atoms with E-state index in [1.165, 1.54) is 34.2 Å². The molecule has 0 aromatic carbocycles. The molecule has 2 nitrogen and oxygen atoms in total. The third-order valence-electron chi connectivity index (χ3n) is 4.61. The Labute approximate surface area is 132 Å². The lowest BCUT2D eigenvalue weighted by Crippen LogP contribution is -2.57. The van der Waals surface area contributed by atoms with Gasteiger partial charge in [0, 0.05) is 10.6 Å². The number of aromatic nitrogens is 1. The Bertz CT molecular complexity index is 453. The summed E-state index contributed by atoms with van der Waals surface area (Å²) >= 11 is 3.99. The molecular weight excluding hydrogens is 284 g/mol. The van der Waals surface area contributed by atoms with Crippen LogP contribution in [0, 0.1) is 12.3 Å². The van der Waals surface area contributed by atoms with Gasteiger partial charge in [-0.25, -0.2) is 4.98 Å². The van der Waals surface area contributed by atoms with Gasteiger partial charge in [-0.15, -0.1) is 11.3 Å². The van der Waals surface area contributed by atoms with Crippen molar-refractivity contribution < 1.29 is 0 Å². The summed E-state index contributed by atoms with van der Waals surface area (Å²) in [5, 5.41) is 5.20. The summed E-state index contributed by atoms with van der Waals surface area (Å²) in [5.74, 6) is 2.42. The number of nitrogens with zero attached hydrogens (tertiary/aromatic N) is 1. The maximum Gasteiger partial charge on any atom is 0.115 e. The molecule has 0 aliphatic carbocycles. The van der Waals surface area contributed by atoms with Crippen molar-refractivity contribution in [3.8, 4) is 0 Å². The van der Waals surface area contributed by atoms with Crippen LogP contribution >= 0.6 is 23.1 Å². The van der Waals surface area contributed by atoms with Gasteiger partial charge in [0.1, 0.15) is 5.01 Å². The summed E-state index contributed by atoms with van der Waals surface area (Å²) in [7, 11) is 0. The summed E-state index contributed by atoms with van der Waals surface area (Å²) in [6, 6.07) is 0. The number of thioether (sulfide) groups is 1. The first-order valence-corrected chi connectivity index (χ1v) is 9.73. The molecule has 2 rings (SSSR count). The number of aryl methyl sites for hydroxylation is 2. The number of hydrogen-bond acceptors (Lipinski definition) is 4. The fourth-order valence-corrected chi connectivity index (χ4v) is 6.13. The molecule has 1 unspecified atom stereocenters. The van der Waals surface area contributed by atoms with E-state index < -0.39 is 0 Å².